The summed E-state index contributed by atoms with van der Waals surface area (Å²) in [6.07, 6.45) is 3.52. The standard InChI is InChI=1S/C10H16BrN3O2/c1-4-16-10(15)9(12-3)7(2)14-6-8(11)5-13-14/h5-7,9,12H,4H2,1-3H3. The van der Waals surface area contributed by atoms with Gasteiger partial charge in [0.1, 0.15) is 6.04 Å². The number of halogens is 1. The van der Waals surface area contributed by atoms with Gasteiger partial charge >= 0.3 is 5.97 Å². The first-order valence-electron chi connectivity index (χ1n) is 5.13. The van der Waals surface area contributed by atoms with Crippen molar-refractivity contribution in [2.45, 2.75) is 25.9 Å². The van der Waals surface area contributed by atoms with Crippen molar-refractivity contribution in [3.8, 4) is 0 Å². The van der Waals surface area contributed by atoms with Gasteiger partial charge in [0.15, 0.2) is 0 Å². The van der Waals surface area contributed by atoms with E-state index >= 15 is 0 Å². The summed E-state index contributed by atoms with van der Waals surface area (Å²) in [7, 11) is 1.73. The van der Waals surface area contributed by atoms with Crippen LogP contribution in [0.1, 0.15) is 19.9 Å². The van der Waals surface area contributed by atoms with Crippen molar-refractivity contribution in [1.82, 2.24) is 15.1 Å². The molecule has 0 fully saturated rings. The van der Waals surface area contributed by atoms with Crippen LogP contribution >= 0.6 is 15.9 Å². The fourth-order valence-electron chi connectivity index (χ4n) is 1.48. The molecule has 90 valence electrons. The molecule has 0 saturated carbocycles. The highest BCUT2D eigenvalue weighted by atomic mass is 79.9. The molecule has 1 heterocycles. The number of hydrogen-bond donors (Lipinski definition) is 1. The van der Waals surface area contributed by atoms with Crippen molar-refractivity contribution >= 4 is 21.9 Å². The summed E-state index contributed by atoms with van der Waals surface area (Å²) >= 11 is 3.32. The van der Waals surface area contributed by atoms with Crippen molar-refractivity contribution in [2.24, 2.45) is 0 Å². The Balaban J connectivity index is 2.76. The molecule has 0 spiro atoms. The first-order valence-corrected chi connectivity index (χ1v) is 5.93. The molecule has 0 bridgehead atoms. The second-order valence-electron chi connectivity index (χ2n) is 3.40. The molecular formula is C10H16BrN3O2. The number of carbonyl (C=O) groups excluding carboxylic acids is 1. The molecular weight excluding hydrogens is 274 g/mol. The minimum Gasteiger partial charge on any atom is -0.465 e. The molecule has 0 aliphatic rings. The van der Waals surface area contributed by atoms with Gasteiger partial charge in [-0.1, -0.05) is 0 Å². The molecule has 0 aliphatic heterocycles. The van der Waals surface area contributed by atoms with Crippen LogP contribution in [0, 0.1) is 0 Å². The number of nitrogens with zero attached hydrogens (tertiary/aromatic N) is 2. The zero-order valence-electron chi connectivity index (χ0n) is 9.61. The molecule has 1 aromatic rings. The molecule has 0 amide bonds. The van der Waals surface area contributed by atoms with Crippen molar-refractivity contribution in [1.29, 1.82) is 0 Å². The Morgan fingerprint density at radius 1 is 1.75 bits per heavy atom. The first-order chi connectivity index (χ1) is 7.60. The van der Waals surface area contributed by atoms with E-state index in [1.807, 2.05) is 13.1 Å². The lowest BCUT2D eigenvalue weighted by atomic mass is 10.1. The highest BCUT2D eigenvalue weighted by Crippen LogP contribution is 2.15. The van der Waals surface area contributed by atoms with Crippen LogP contribution < -0.4 is 5.32 Å². The Hall–Kier alpha value is -0.880. The molecule has 1 aromatic heterocycles. The molecule has 1 rings (SSSR count). The first kappa shape index (κ1) is 13.2. The van der Waals surface area contributed by atoms with Crippen LogP contribution in [0.3, 0.4) is 0 Å². The van der Waals surface area contributed by atoms with Gasteiger partial charge in [-0.15, -0.1) is 0 Å². The summed E-state index contributed by atoms with van der Waals surface area (Å²) in [6.45, 7) is 4.09. The quantitative estimate of drug-likeness (QED) is 0.832. The van der Waals surface area contributed by atoms with Gasteiger partial charge in [-0.25, -0.2) is 0 Å². The average molecular weight is 290 g/mol. The number of nitrogens with one attached hydrogen (secondary N) is 1. The molecule has 1 N–H and O–H groups in total. The summed E-state index contributed by atoms with van der Waals surface area (Å²) in [4.78, 5) is 11.7. The maximum Gasteiger partial charge on any atom is 0.325 e. The Kier molecular flexibility index (Phi) is 4.95. The van der Waals surface area contributed by atoms with E-state index < -0.39 is 6.04 Å². The summed E-state index contributed by atoms with van der Waals surface area (Å²) in [5.74, 6) is -0.260. The van der Waals surface area contributed by atoms with Gasteiger partial charge in [-0.05, 0) is 36.8 Å². The van der Waals surface area contributed by atoms with Crippen LogP contribution in [-0.2, 0) is 9.53 Å². The van der Waals surface area contributed by atoms with E-state index in [-0.39, 0.29) is 12.0 Å². The molecule has 0 saturated heterocycles. The predicted molar refractivity (Wildman–Crippen MR) is 64.1 cm³/mol. The van der Waals surface area contributed by atoms with E-state index in [1.54, 1.807) is 24.9 Å². The third-order valence-electron chi connectivity index (χ3n) is 2.32. The van der Waals surface area contributed by atoms with E-state index in [2.05, 4.69) is 26.3 Å². The Morgan fingerprint density at radius 3 is 2.88 bits per heavy atom. The van der Waals surface area contributed by atoms with Crippen LogP contribution in [0.5, 0.6) is 0 Å². The third-order valence-corrected chi connectivity index (χ3v) is 2.73. The second kappa shape index (κ2) is 6.00. The number of ether oxygens (including phenoxy) is 1. The molecule has 0 aromatic carbocycles. The number of rotatable bonds is 5. The number of aromatic nitrogens is 2. The summed E-state index contributed by atoms with van der Waals surface area (Å²) in [5.41, 5.74) is 0. The lowest BCUT2D eigenvalue weighted by Gasteiger charge is -2.21. The van der Waals surface area contributed by atoms with E-state index in [9.17, 15) is 4.79 Å². The largest absolute Gasteiger partial charge is 0.465 e. The van der Waals surface area contributed by atoms with Crippen molar-refractivity contribution in [2.75, 3.05) is 13.7 Å². The maximum absolute atomic E-state index is 11.7. The molecule has 16 heavy (non-hydrogen) atoms. The molecule has 6 heteroatoms. The molecule has 0 aliphatic carbocycles. The highest BCUT2D eigenvalue weighted by molar-refractivity contribution is 9.10. The smallest absolute Gasteiger partial charge is 0.325 e. The lowest BCUT2D eigenvalue weighted by Crippen LogP contribution is -2.42. The van der Waals surface area contributed by atoms with Crippen LogP contribution in [0.4, 0.5) is 0 Å². The van der Waals surface area contributed by atoms with Gasteiger partial charge in [0.05, 0.1) is 23.3 Å². The molecule has 2 atom stereocenters. The molecule has 0 radical (unpaired) electrons. The van der Waals surface area contributed by atoms with Crippen LogP contribution in [-0.4, -0.2) is 35.4 Å². The van der Waals surface area contributed by atoms with Gasteiger partial charge in [0, 0.05) is 6.20 Å². The van der Waals surface area contributed by atoms with Gasteiger partial charge in [-0.2, -0.15) is 5.10 Å². The van der Waals surface area contributed by atoms with Gasteiger partial charge in [-0.3, -0.25) is 9.48 Å². The summed E-state index contributed by atoms with van der Waals surface area (Å²) in [5, 5.41) is 7.09. The van der Waals surface area contributed by atoms with Crippen molar-refractivity contribution < 1.29 is 9.53 Å². The minimum absolute atomic E-state index is 0.102. The normalized spacial score (nSPS) is 14.5. The number of esters is 1. The number of carbonyl (C=O) groups is 1. The topological polar surface area (TPSA) is 56.1 Å². The highest BCUT2D eigenvalue weighted by Gasteiger charge is 2.26. The number of hydrogen-bond acceptors (Lipinski definition) is 4. The van der Waals surface area contributed by atoms with Crippen LogP contribution in [0.15, 0.2) is 16.9 Å². The third kappa shape index (κ3) is 3.05. The van der Waals surface area contributed by atoms with Crippen molar-refractivity contribution in [3.63, 3.8) is 0 Å². The number of likely N-dealkylation sites (N-methyl/N-ethyl adjacent to an activating group) is 1. The predicted octanol–water partition coefficient (Wildman–Crippen LogP) is 1.36. The summed E-state index contributed by atoms with van der Waals surface area (Å²) in [6, 6.07) is -0.498. The Morgan fingerprint density at radius 2 is 2.44 bits per heavy atom. The fourth-order valence-corrected chi connectivity index (χ4v) is 1.78. The Labute approximate surface area is 103 Å². The van der Waals surface area contributed by atoms with E-state index in [1.165, 1.54) is 0 Å². The monoisotopic (exact) mass is 289 g/mol. The average Bonchev–Trinajstić information content (AvgIpc) is 2.66. The maximum atomic E-state index is 11.7. The van der Waals surface area contributed by atoms with Crippen LogP contribution in [0.25, 0.3) is 0 Å². The minimum atomic E-state index is -0.397. The Bertz CT molecular complexity index is 354. The molecule has 5 nitrogen and oxygen atoms in total. The summed E-state index contributed by atoms with van der Waals surface area (Å²) < 4.78 is 7.60. The van der Waals surface area contributed by atoms with E-state index in [0.29, 0.717) is 6.61 Å². The van der Waals surface area contributed by atoms with Crippen LogP contribution in [0.2, 0.25) is 0 Å². The van der Waals surface area contributed by atoms with Gasteiger partial charge in [0.25, 0.3) is 0 Å². The van der Waals surface area contributed by atoms with Crippen molar-refractivity contribution in [3.05, 3.63) is 16.9 Å². The van der Waals surface area contributed by atoms with Gasteiger partial charge in [0.2, 0.25) is 0 Å². The molecule has 2 unspecified atom stereocenters. The van der Waals surface area contributed by atoms with E-state index in [0.717, 1.165) is 4.47 Å². The lowest BCUT2D eigenvalue weighted by molar-refractivity contribution is -0.146. The second-order valence-corrected chi connectivity index (χ2v) is 4.31. The van der Waals surface area contributed by atoms with Gasteiger partial charge < -0.3 is 10.1 Å². The SMILES string of the molecule is CCOC(=O)C(NC)C(C)n1cc(Br)cn1. The zero-order valence-corrected chi connectivity index (χ0v) is 11.2. The van der Waals surface area contributed by atoms with E-state index in [4.69, 9.17) is 4.74 Å². The fraction of sp³-hybridized carbons (Fsp3) is 0.600. The zero-order chi connectivity index (χ0) is 12.1.